The first-order chi connectivity index (χ1) is 13.3. The number of aromatic nitrogens is 1. The van der Waals surface area contributed by atoms with E-state index in [-0.39, 0.29) is 0 Å². The van der Waals surface area contributed by atoms with Gasteiger partial charge in [0.05, 0.1) is 5.52 Å². The molecule has 0 saturated heterocycles. The second-order valence-corrected chi connectivity index (χ2v) is 6.93. The van der Waals surface area contributed by atoms with Crippen molar-refractivity contribution in [3.8, 4) is 22.3 Å². The number of hydrogen-bond acceptors (Lipinski definition) is 1. The Kier molecular flexibility index (Phi) is 3.72. The number of pyridine rings is 1. The molecule has 0 amide bonds. The molecule has 0 unspecified atom stereocenters. The van der Waals surface area contributed by atoms with E-state index in [1.165, 1.54) is 44.0 Å². The molecule has 1 nitrogen and oxygen atoms in total. The van der Waals surface area contributed by atoms with E-state index in [2.05, 4.69) is 96.8 Å². The summed E-state index contributed by atoms with van der Waals surface area (Å²) in [6, 6.07) is 32.3. The molecule has 0 bridgehead atoms. The van der Waals surface area contributed by atoms with Crippen LogP contribution in [0.2, 0.25) is 0 Å². The van der Waals surface area contributed by atoms with Crippen LogP contribution in [0.5, 0.6) is 0 Å². The molecule has 0 aliphatic heterocycles. The van der Waals surface area contributed by atoms with E-state index in [4.69, 9.17) is 0 Å². The molecule has 0 aliphatic rings. The molecular formula is C26H19N. The Morgan fingerprint density at radius 3 is 2.11 bits per heavy atom. The minimum Gasteiger partial charge on any atom is -0.256 e. The van der Waals surface area contributed by atoms with E-state index >= 15 is 0 Å². The van der Waals surface area contributed by atoms with E-state index in [9.17, 15) is 0 Å². The number of benzene rings is 4. The van der Waals surface area contributed by atoms with Crippen LogP contribution in [-0.4, -0.2) is 4.98 Å². The topological polar surface area (TPSA) is 12.9 Å². The van der Waals surface area contributed by atoms with Gasteiger partial charge in [0.15, 0.2) is 0 Å². The van der Waals surface area contributed by atoms with Crippen molar-refractivity contribution >= 4 is 21.7 Å². The maximum Gasteiger partial charge on any atom is 0.0708 e. The van der Waals surface area contributed by atoms with Crippen molar-refractivity contribution < 1.29 is 0 Å². The highest BCUT2D eigenvalue weighted by Crippen LogP contribution is 2.33. The molecule has 5 rings (SSSR count). The van der Waals surface area contributed by atoms with E-state index in [1.807, 2.05) is 12.3 Å². The Morgan fingerprint density at radius 1 is 0.593 bits per heavy atom. The maximum atomic E-state index is 4.48. The Hall–Kier alpha value is -3.45. The van der Waals surface area contributed by atoms with Gasteiger partial charge in [-0.05, 0) is 57.6 Å². The maximum absolute atomic E-state index is 4.48. The number of fused-ring (bicyclic) bond motifs is 2. The molecule has 0 saturated carbocycles. The van der Waals surface area contributed by atoms with Crippen LogP contribution in [0.1, 0.15) is 5.56 Å². The van der Waals surface area contributed by atoms with Gasteiger partial charge in [-0.1, -0.05) is 78.9 Å². The van der Waals surface area contributed by atoms with Gasteiger partial charge in [-0.15, -0.1) is 0 Å². The second kappa shape index (κ2) is 6.37. The zero-order valence-corrected chi connectivity index (χ0v) is 15.2. The van der Waals surface area contributed by atoms with Crippen molar-refractivity contribution in [1.82, 2.24) is 4.98 Å². The lowest BCUT2D eigenvalue weighted by atomic mass is 9.93. The highest BCUT2D eigenvalue weighted by molar-refractivity contribution is 5.99. The first-order valence-corrected chi connectivity index (χ1v) is 9.24. The summed E-state index contributed by atoms with van der Waals surface area (Å²) in [4.78, 5) is 4.48. The fourth-order valence-corrected chi connectivity index (χ4v) is 3.95. The number of hydrogen-bond donors (Lipinski definition) is 0. The van der Waals surface area contributed by atoms with Gasteiger partial charge in [0.2, 0.25) is 0 Å². The fraction of sp³-hybridized carbons (Fsp3) is 0.0385. The lowest BCUT2D eigenvalue weighted by Crippen LogP contribution is -1.86. The highest BCUT2D eigenvalue weighted by atomic mass is 14.6. The van der Waals surface area contributed by atoms with Crippen molar-refractivity contribution in [3.63, 3.8) is 0 Å². The van der Waals surface area contributed by atoms with Gasteiger partial charge in [-0.25, -0.2) is 0 Å². The lowest BCUT2D eigenvalue weighted by molar-refractivity contribution is 1.41. The van der Waals surface area contributed by atoms with Gasteiger partial charge in [0.25, 0.3) is 0 Å². The standard InChI is InChI=1S/C26H19N/c1-18-6-4-7-21-8-5-10-23(26(18)21)20-14-12-19(13-15-20)22-16-17-27-25-11-3-2-9-24(22)25/h2-17H,1H3. The van der Waals surface area contributed by atoms with Crippen molar-refractivity contribution in [3.05, 3.63) is 103 Å². The zero-order valence-electron chi connectivity index (χ0n) is 15.2. The molecule has 128 valence electrons. The molecule has 1 heterocycles. The van der Waals surface area contributed by atoms with Crippen molar-refractivity contribution in [2.45, 2.75) is 6.92 Å². The molecule has 0 atom stereocenters. The summed E-state index contributed by atoms with van der Waals surface area (Å²) in [5.41, 5.74) is 7.32. The monoisotopic (exact) mass is 345 g/mol. The van der Waals surface area contributed by atoms with Gasteiger partial charge in [0.1, 0.15) is 0 Å². The average molecular weight is 345 g/mol. The third-order valence-corrected chi connectivity index (χ3v) is 5.27. The van der Waals surface area contributed by atoms with Gasteiger partial charge >= 0.3 is 0 Å². The summed E-state index contributed by atoms with van der Waals surface area (Å²) < 4.78 is 0. The summed E-state index contributed by atoms with van der Waals surface area (Å²) in [6.45, 7) is 2.18. The van der Waals surface area contributed by atoms with Gasteiger partial charge in [-0.2, -0.15) is 0 Å². The minimum atomic E-state index is 1.03. The van der Waals surface area contributed by atoms with Crippen LogP contribution >= 0.6 is 0 Å². The van der Waals surface area contributed by atoms with Crippen LogP contribution in [0, 0.1) is 6.92 Å². The van der Waals surface area contributed by atoms with Crippen LogP contribution in [0.25, 0.3) is 43.9 Å². The smallest absolute Gasteiger partial charge is 0.0708 e. The van der Waals surface area contributed by atoms with E-state index < -0.39 is 0 Å². The van der Waals surface area contributed by atoms with Crippen molar-refractivity contribution in [2.24, 2.45) is 0 Å². The average Bonchev–Trinajstić information content (AvgIpc) is 2.73. The molecular weight excluding hydrogens is 326 g/mol. The number of aryl methyl sites for hydroxylation is 1. The summed E-state index contributed by atoms with van der Waals surface area (Å²) in [5, 5.41) is 3.81. The number of nitrogens with zero attached hydrogens (tertiary/aromatic N) is 1. The third-order valence-electron chi connectivity index (χ3n) is 5.27. The van der Waals surface area contributed by atoms with Crippen molar-refractivity contribution in [1.29, 1.82) is 0 Å². The summed E-state index contributed by atoms with van der Waals surface area (Å²) in [5.74, 6) is 0. The first kappa shape index (κ1) is 15.8. The molecule has 4 aromatic carbocycles. The number of para-hydroxylation sites is 1. The molecule has 1 aromatic heterocycles. The van der Waals surface area contributed by atoms with Crippen molar-refractivity contribution in [2.75, 3.05) is 0 Å². The van der Waals surface area contributed by atoms with Gasteiger partial charge in [-0.3, -0.25) is 4.98 Å². The normalized spacial score (nSPS) is 11.1. The Morgan fingerprint density at radius 2 is 1.30 bits per heavy atom. The summed E-state index contributed by atoms with van der Waals surface area (Å²) in [7, 11) is 0. The molecule has 0 aliphatic carbocycles. The van der Waals surface area contributed by atoms with E-state index in [0.717, 1.165) is 5.52 Å². The SMILES string of the molecule is Cc1cccc2cccc(-c3ccc(-c4ccnc5ccccc45)cc3)c12. The number of rotatable bonds is 2. The first-order valence-electron chi connectivity index (χ1n) is 9.24. The Bertz CT molecular complexity index is 1260. The molecule has 0 fully saturated rings. The predicted octanol–water partition coefficient (Wildman–Crippen LogP) is 7.03. The zero-order chi connectivity index (χ0) is 18.2. The third kappa shape index (κ3) is 2.69. The van der Waals surface area contributed by atoms with Crippen LogP contribution in [0.4, 0.5) is 0 Å². The summed E-state index contributed by atoms with van der Waals surface area (Å²) in [6.07, 6.45) is 1.89. The van der Waals surface area contributed by atoms with E-state index in [0.29, 0.717) is 0 Å². The highest BCUT2D eigenvalue weighted by Gasteiger charge is 2.08. The summed E-state index contributed by atoms with van der Waals surface area (Å²) >= 11 is 0. The molecule has 27 heavy (non-hydrogen) atoms. The fourth-order valence-electron chi connectivity index (χ4n) is 3.95. The Labute approximate surface area is 158 Å². The largest absolute Gasteiger partial charge is 0.256 e. The molecule has 1 heteroatoms. The van der Waals surface area contributed by atoms with Crippen LogP contribution < -0.4 is 0 Å². The quantitative estimate of drug-likeness (QED) is 0.335. The van der Waals surface area contributed by atoms with E-state index in [1.54, 1.807) is 0 Å². The molecule has 0 N–H and O–H groups in total. The van der Waals surface area contributed by atoms with Crippen LogP contribution in [0.15, 0.2) is 97.2 Å². The van der Waals surface area contributed by atoms with Crippen LogP contribution in [0.3, 0.4) is 0 Å². The van der Waals surface area contributed by atoms with Gasteiger partial charge < -0.3 is 0 Å². The molecule has 0 radical (unpaired) electrons. The van der Waals surface area contributed by atoms with Crippen LogP contribution in [-0.2, 0) is 0 Å². The van der Waals surface area contributed by atoms with Gasteiger partial charge in [0, 0.05) is 11.6 Å². The Balaban J connectivity index is 1.64. The lowest BCUT2D eigenvalue weighted by Gasteiger charge is -2.11. The molecule has 0 spiro atoms. The minimum absolute atomic E-state index is 1.03. The second-order valence-electron chi connectivity index (χ2n) is 6.93. The predicted molar refractivity (Wildman–Crippen MR) is 115 cm³/mol. The molecule has 5 aromatic rings.